The molecule has 0 amide bonds. The zero-order valence-electron chi connectivity index (χ0n) is 9.54. The number of hydrogen-bond donors (Lipinski definition) is 1. The normalized spacial score (nSPS) is 11.1. The maximum Gasteiger partial charge on any atom is 0.178 e. The molecule has 3 aromatic rings. The summed E-state index contributed by atoms with van der Waals surface area (Å²) in [6.45, 7) is 1.94. The molecule has 0 fully saturated rings. The van der Waals surface area contributed by atoms with Gasteiger partial charge in [0.1, 0.15) is 5.82 Å². The second kappa shape index (κ2) is 4.07. The van der Waals surface area contributed by atoms with Crippen molar-refractivity contribution in [1.29, 1.82) is 0 Å². The Morgan fingerprint density at radius 3 is 2.89 bits per heavy atom. The maximum atomic E-state index is 13.9. The van der Waals surface area contributed by atoms with Crippen LogP contribution in [0.4, 0.5) is 4.39 Å². The van der Waals surface area contributed by atoms with Crippen LogP contribution in [0.3, 0.4) is 0 Å². The first kappa shape index (κ1) is 11.2. The number of nitrogens with zero attached hydrogens (tertiary/aromatic N) is 2. The SMILES string of the molecule is Cc1ccnc2nc(-c3cccc(Cl)c3F)[nH]c12. The first-order valence-electron chi connectivity index (χ1n) is 5.42. The lowest BCUT2D eigenvalue weighted by Gasteiger charge is -2.00. The van der Waals surface area contributed by atoms with Crippen molar-refractivity contribution >= 4 is 22.8 Å². The van der Waals surface area contributed by atoms with Crippen molar-refractivity contribution in [1.82, 2.24) is 15.0 Å². The average molecular weight is 262 g/mol. The minimum Gasteiger partial charge on any atom is -0.336 e. The highest BCUT2D eigenvalue weighted by molar-refractivity contribution is 6.31. The summed E-state index contributed by atoms with van der Waals surface area (Å²) in [5, 5.41) is 0.0811. The number of H-pyrrole nitrogens is 1. The molecule has 0 atom stereocenters. The molecule has 0 radical (unpaired) electrons. The van der Waals surface area contributed by atoms with Gasteiger partial charge in [0.2, 0.25) is 0 Å². The molecule has 3 nitrogen and oxygen atoms in total. The molecular formula is C13H9ClFN3. The monoisotopic (exact) mass is 261 g/mol. The minimum atomic E-state index is -0.476. The number of aromatic nitrogens is 3. The van der Waals surface area contributed by atoms with Gasteiger partial charge in [-0.1, -0.05) is 17.7 Å². The molecule has 0 unspecified atom stereocenters. The van der Waals surface area contributed by atoms with Crippen molar-refractivity contribution in [2.45, 2.75) is 6.92 Å². The Balaban J connectivity index is 2.26. The highest BCUT2D eigenvalue weighted by Gasteiger charge is 2.13. The van der Waals surface area contributed by atoms with E-state index < -0.39 is 5.82 Å². The van der Waals surface area contributed by atoms with Gasteiger partial charge in [-0.3, -0.25) is 0 Å². The van der Waals surface area contributed by atoms with Crippen LogP contribution in [0, 0.1) is 12.7 Å². The van der Waals surface area contributed by atoms with Gasteiger partial charge in [0, 0.05) is 6.20 Å². The largest absolute Gasteiger partial charge is 0.336 e. The van der Waals surface area contributed by atoms with Gasteiger partial charge >= 0.3 is 0 Å². The van der Waals surface area contributed by atoms with Crippen LogP contribution in [0.5, 0.6) is 0 Å². The third-order valence-electron chi connectivity index (χ3n) is 2.81. The van der Waals surface area contributed by atoms with Crippen molar-refractivity contribution in [3.8, 4) is 11.4 Å². The minimum absolute atomic E-state index is 0.0811. The van der Waals surface area contributed by atoms with Gasteiger partial charge in [-0.05, 0) is 30.7 Å². The van der Waals surface area contributed by atoms with Crippen molar-refractivity contribution in [2.75, 3.05) is 0 Å². The maximum absolute atomic E-state index is 13.9. The zero-order valence-corrected chi connectivity index (χ0v) is 10.3. The van der Waals surface area contributed by atoms with E-state index in [9.17, 15) is 4.39 Å². The Morgan fingerprint density at radius 2 is 2.11 bits per heavy atom. The molecule has 0 saturated heterocycles. The van der Waals surface area contributed by atoms with Crippen LogP contribution in [-0.2, 0) is 0 Å². The summed E-state index contributed by atoms with van der Waals surface area (Å²) >= 11 is 5.76. The highest BCUT2D eigenvalue weighted by Crippen LogP contribution is 2.27. The van der Waals surface area contributed by atoms with Crippen LogP contribution in [0.2, 0.25) is 5.02 Å². The number of rotatable bonds is 1. The van der Waals surface area contributed by atoms with Crippen LogP contribution in [0.1, 0.15) is 5.56 Å². The summed E-state index contributed by atoms with van der Waals surface area (Å²) < 4.78 is 13.9. The van der Waals surface area contributed by atoms with Gasteiger partial charge in [-0.15, -0.1) is 0 Å². The molecule has 0 aliphatic rings. The lowest BCUT2D eigenvalue weighted by Crippen LogP contribution is -1.87. The number of aryl methyl sites for hydroxylation is 1. The number of pyridine rings is 1. The molecule has 2 heterocycles. The molecule has 90 valence electrons. The third-order valence-corrected chi connectivity index (χ3v) is 3.10. The number of benzene rings is 1. The molecule has 2 aromatic heterocycles. The van der Waals surface area contributed by atoms with Crippen molar-refractivity contribution in [3.05, 3.63) is 46.9 Å². The topological polar surface area (TPSA) is 41.6 Å². The summed E-state index contributed by atoms with van der Waals surface area (Å²) in [5.74, 6) is -0.0392. The van der Waals surface area contributed by atoms with Crippen LogP contribution in [-0.4, -0.2) is 15.0 Å². The fourth-order valence-electron chi connectivity index (χ4n) is 1.85. The van der Waals surface area contributed by atoms with Crippen molar-refractivity contribution in [3.63, 3.8) is 0 Å². The summed E-state index contributed by atoms with van der Waals surface area (Å²) in [5.41, 5.74) is 2.75. The fourth-order valence-corrected chi connectivity index (χ4v) is 2.02. The van der Waals surface area contributed by atoms with Crippen LogP contribution < -0.4 is 0 Å². The molecule has 0 bridgehead atoms. The highest BCUT2D eigenvalue weighted by atomic mass is 35.5. The first-order valence-corrected chi connectivity index (χ1v) is 5.80. The Labute approximate surface area is 108 Å². The Morgan fingerprint density at radius 1 is 1.28 bits per heavy atom. The van der Waals surface area contributed by atoms with E-state index in [4.69, 9.17) is 11.6 Å². The van der Waals surface area contributed by atoms with Crippen LogP contribution in [0.25, 0.3) is 22.6 Å². The average Bonchev–Trinajstić information content (AvgIpc) is 2.78. The number of halogens is 2. The summed E-state index contributed by atoms with van der Waals surface area (Å²) in [4.78, 5) is 11.5. The molecule has 1 N–H and O–H groups in total. The Hall–Kier alpha value is -1.94. The molecule has 1 aromatic carbocycles. The molecular weight excluding hydrogens is 253 g/mol. The van der Waals surface area contributed by atoms with Gasteiger partial charge in [-0.2, -0.15) is 0 Å². The van der Waals surface area contributed by atoms with Gasteiger partial charge < -0.3 is 4.98 Å². The second-order valence-electron chi connectivity index (χ2n) is 4.01. The van der Waals surface area contributed by atoms with E-state index in [1.165, 1.54) is 6.07 Å². The summed E-state index contributed by atoms with van der Waals surface area (Å²) in [6, 6.07) is 6.70. The molecule has 0 saturated carbocycles. The number of fused-ring (bicyclic) bond motifs is 1. The molecule has 0 aliphatic heterocycles. The van der Waals surface area contributed by atoms with E-state index in [1.54, 1.807) is 18.3 Å². The van der Waals surface area contributed by atoms with E-state index in [0.29, 0.717) is 17.0 Å². The van der Waals surface area contributed by atoms with Gasteiger partial charge in [0.05, 0.1) is 16.1 Å². The predicted octanol–water partition coefficient (Wildman–Crippen LogP) is 3.73. The van der Waals surface area contributed by atoms with E-state index >= 15 is 0 Å². The Kier molecular flexibility index (Phi) is 2.52. The third kappa shape index (κ3) is 1.66. The molecule has 3 rings (SSSR count). The van der Waals surface area contributed by atoms with E-state index in [1.807, 2.05) is 13.0 Å². The first-order chi connectivity index (χ1) is 8.66. The predicted molar refractivity (Wildman–Crippen MR) is 69.0 cm³/mol. The number of hydrogen-bond acceptors (Lipinski definition) is 2. The smallest absolute Gasteiger partial charge is 0.178 e. The standard InChI is InChI=1S/C13H9ClFN3/c1-7-5-6-16-13-11(7)17-12(18-13)8-3-2-4-9(14)10(8)15/h2-6H,1H3,(H,16,17,18). The van der Waals surface area contributed by atoms with Crippen molar-refractivity contribution < 1.29 is 4.39 Å². The fraction of sp³-hybridized carbons (Fsp3) is 0.0769. The summed E-state index contributed by atoms with van der Waals surface area (Å²) in [7, 11) is 0. The molecule has 18 heavy (non-hydrogen) atoms. The van der Waals surface area contributed by atoms with E-state index in [2.05, 4.69) is 15.0 Å². The van der Waals surface area contributed by atoms with Gasteiger partial charge in [0.15, 0.2) is 11.5 Å². The van der Waals surface area contributed by atoms with Crippen LogP contribution in [0.15, 0.2) is 30.5 Å². The number of imidazole rings is 1. The van der Waals surface area contributed by atoms with Gasteiger partial charge in [0.25, 0.3) is 0 Å². The molecule has 0 aliphatic carbocycles. The molecule has 5 heteroatoms. The number of nitrogens with one attached hydrogen (secondary N) is 1. The zero-order chi connectivity index (χ0) is 12.7. The molecule has 0 spiro atoms. The Bertz CT molecular complexity index is 736. The second-order valence-corrected chi connectivity index (χ2v) is 4.42. The lowest BCUT2D eigenvalue weighted by atomic mass is 10.2. The quantitative estimate of drug-likeness (QED) is 0.725. The van der Waals surface area contributed by atoms with E-state index in [-0.39, 0.29) is 5.02 Å². The van der Waals surface area contributed by atoms with Crippen molar-refractivity contribution in [2.24, 2.45) is 0 Å². The van der Waals surface area contributed by atoms with Crippen LogP contribution >= 0.6 is 11.6 Å². The lowest BCUT2D eigenvalue weighted by molar-refractivity contribution is 0.630. The van der Waals surface area contributed by atoms with Gasteiger partial charge in [-0.25, -0.2) is 14.4 Å². The van der Waals surface area contributed by atoms with E-state index in [0.717, 1.165) is 11.1 Å². The number of aromatic amines is 1. The summed E-state index contributed by atoms with van der Waals surface area (Å²) in [6.07, 6.45) is 1.68.